The number of hydrogen-bond acceptors (Lipinski definition) is 2. The highest BCUT2D eigenvalue weighted by molar-refractivity contribution is 5.24. The van der Waals surface area contributed by atoms with Crippen LogP contribution in [-0.4, -0.2) is 19.2 Å². The lowest BCUT2D eigenvalue weighted by atomic mass is 10.1. The largest absolute Gasteiger partial charge is 0.489 e. The predicted octanol–water partition coefficient (Wildman–Crippen LogP) is 2.49. The molecule has 0 radical (unpaired) electrons. The fourth-order valence-corrected chi connectivity index (χ4v) is 1.84. The Morgan fingerprint density at radius 3 is 2.94 bits per heavy atom. The molecule has 2 rings (SSSR count). The monoisotopic (exact) mass is 227 g/mol. The molecule has 0 spiro atoms. The first-order valence-electron chi connectivity index (χ1n) is 5.57. The average molecular weight is 227 g/mol. The molecule has 1 N–H and O–H groups in total. The van der Waals surface area contributed by atoms with Gasteiger partial charge in [-0.25, -0.2) is 8.78 Å². The molecular formula is C12H15F2NO. The van der Waals surface area contributed by atoms with Gasteiger partial charge in [0, 0.05) is 12.1 Å². The van der Waals surface area contributed by atoms with E-state index in [2.05, 4.69) is 5.32 Å². The SMILES string of the molecule is Fc1ccc(F)c(OCC2CCCCN2)c1. The van der Waals surface area contributed by atoms with Gasteiger partial charge in [-0.15, -0.1) is 0 Å². The van der Waals surface area contributed by atoms with E-state index in [1.54, 1.807) is 0 Å². The van der Waals surface area contributed by atoms with Crippen LogP contribution in [0.4, 0.5) is 8.78 Å². The Morgan fingerprint density at radius 2 is 2.19 bits per heavy atom. The minimum absolute atomic E-state index is 0.00706. The molecule has 1 aliphatic heterocycles. The summed E-state index contributed by atoms with van der Waals surface area (Å²) in [5.74, 6) is -1.00. The number of hydrogen-bond donors (Lipinski definition) is 1. The standard InChI is InChI=1S/C12H15F2NO/c13-9-4-5-11(14)12(7-9)16-8-10-3-1-2-6-15-10/h4-5,7,10,15H,1-3,6,8H2. The van der Waals surface area contributed by atoms with Crippen LogP contribution in [0.25, 0.3) is 0 Å². The van der Waals surface area contributed by atoms with Crippen molar-refractivity contribution < 1.29 is 13.5 Å². The smallest absolute Gasteiger partial charge is 0.165 e. The molecule has 1 aromatic rings. The lowest BCUT2D eigenvalue weighted by molar-refractivity contribution is 0.230. The second-order valence-electron chi connectivity index (χ2n) is 4.03. The first kappa shape index (κ1) is 11.3. The molecule has 0 bridgehead atoms. The van der Waals surface area contributed by atoms with E-state index in [1.807, 2.05) is 0 Å². The van der Waals surface area contributed by atoms with Gasteiger partial charge < -0.3 is 10.1 Å². The van der Waals surface area contributed by atoms with Crippen LogP contribution in [0, 0.1) is 11.6 Å². The zero-order chi connectivity index (χ0) is 11.4. The maximum Gasteiger partial charge on any atom is 0.165 e. The van der Waals surface area contributed by atoms with Gasteiger partial charge in [0.15, 0.2) is 11.6 Å². The summed E-state index contributed by atoms with van der Waals surface area (Å²) in [4.78, 5) is 0. The van der Waals surface area contributed by atoms with E-state index < -0.39 is 11.6 Å². The summed E-state index contributed by atoms with van der Waals surface area (Å²) >= 11 is 0. The third-order valence-electron chi connectivity index (χ3n) is 2.75. The van der Waals surface area contributed by atoms with Crippen LogP contribution < -0.4 is 10.1 Å². The number of benzene rings is 1. The molecule has 1 atom stereocenters. The summed E-state index contributed by atoms with van der Waals surface area (Å²) in [6.07, 6.45) is 3.36. The molecule has 1 aromatic carbocycles. The minimum atomic E-state index is -0.516. The van der Waals surface area contributed by atoms with Gasteiger partial charge in [-0.05, 0) is 31.5 Å². The highest BCUT2D eigenvalue weighted by Crippen LogP contribution is 2.19. The van der Waals surface area contributed by atoms with Crippen molar-refractivity contribution in [3.63, 3.8) is 0 Å². The normalized spacial score (nSPS) is 20.8. The minimum Gasteiger partial charge on any atom is -0.489 e. The van der Waals surface area contributed by atoms with Gasteiger partial charge in [-0.3, -0.25) is 0 Å². The van der Waals surface area contributed by atoms with Gasteiger partial charge in [-0.2, -0.15) is 0 Å². The Labute approximate surface area is 93.6 Å². The van der Waals surface area contributed by atoms with Gasteiger partial charge >= 0.3 is 0 Å². The first-order valence-corrected chi connectivity index (χ1v) is 5.57. The Bertz CT molecular complexity index is 351. The summed E-state index contributed by atoms with van der Waals surface area (Å²) in [5, 5.41) is 3.28. The molecule has 16 heavy (non-hydrogen) atoms. The van der Waals surface area contributed by atoms with Gasteiger partial charge in [0.25, 0.3) is 0 Å². The lowest BCUT2D eigenvalue weighted by Crippen LogP contribution is -2.38. The Hall–Kier alpha value is -1.16. The van der Waals surface area contributed by atoms with Crippen LogP contribution in [-0.2, 0) is 0 Å². The third kappa shape index (κ3) is 2.92. The molecule has 0 aliphatic carbocycles. The van der Waals surface area contributed by atoms with E-state index in [1.165, 1.54) is 6.42 Å². The second kappa shape index (κ2) is 5.25. The Balaban J connectivity index is 1.90. The molecule has 1 saturated heterocycles. The van der Waals surface area contributed by atoms with Crippen molar-refractivity contribution in [1.82, 2.24) is 5.32 Å². The van der Waals surface area contributed by atoms with E-state index in [4.69, 9.17) is 4.74 Å². The van der Waals surface area contributed by atoms with Crippen LogP contribution in [0.5, 0.6) is 5.75 Å². The molecule has 1 aliphatic rings. The molecule has 2 nitrogen and oxygen atoms in total. The highest BCUT2D eigenvalue weighted by Gasteiger charge is 2.14. The van der Waals surface area contributed by atoms with Crippen LogP contribution >= 0.6 is 0 Å². The van der Waals surface area contributed by atoms with E-state index in [0.29, 0.717) is 6.61 Å². The van der Waals surface area contributed by atoms with Crippen LogP contribution in [0.3, 0.4) is 0 Å². The summed E-state index contributed by atoms with van der Waals surface area (Å²) in [5.41, 5.74) is 0. The molecular weight excluding hydrogens is 212 g/mol. The summed E-state index contributed by atoms with van der Waals surface area (Å²) in [7, 11) is 0. The lowest BCUT2D eigenvalue weighted by Gasteiger charge is -2.23. The Kier molecular flexibility index (Phi) is 3.72. The maximum atomic E-state index is 13.2. The zero-order valence-corrected chi connectivity index (χ0v) is 9.01. The van der Waals surface area contributed by atoms with Crippen LogP contribution in [0.2, 0.25) is 0 Å². The number of rotatable bonds is 3. The summed E-state index contributed by atoms with van der Waals surface area (Å²) in [6.45, 7) is 1.36. The van der Waals surface area contributed by atoms with Crippen molar-refractivity contribution in [1.29, 1.82) is 0 Å². The van der Waals surface area contributed by atoms with Crippen molar-refractivity contribution in [3.8, 4) is 5.75 Å². The number of halogens is 2. The topological polar surface area (TPSA) is 21.3 Å². The molecule has 1 unspecified atom stereocenters. The first-order chi connectivity index (χ1) is 7.75. The quantitative estimate of drug-likeness (QED) is 0.856. The van der Waals surface area contributed by atoms with E-state index >= 15 is 0 Å². The van der Waals surface area contributed by atoms with E-state index in [0.717, 1.165) is 37.6 Å². The summed E-state index contributed by atoms with van der Waals surface area (Å²) < 4.78 is 31.3. The van der Waals surface area contributed by atoms with Gasteiger partial charge in [0.1, 0.15) is 12.4 Å². The van der Waals surface area contributed by atoms with Crippen molar-refractivity contribution in [2.75, 3.05) is 13.2 Å². The molecule has 0 aromatic heterocycles. The molecule has 0 saturated carbocycles. The fourth-order valence-electron chi connectivity index (χ4n) is 1.84. The molecule has 0 amide bonds. The fraction of sp³-hybridized carbons (Fsp3) is 0.500. The summed E-state index contributed by atoms with van der Waals surface area (Å²) in [6, 6.07) is 3.49. The van der Waals surface area contributed by atoms with Crippen molar-refractivity contribution in [3.05, 3.63) is 29.8 Å². The van der Waals surface area contributed by atoms with Crippen molar-refractivity contribution in [2.24, 2.45) is 0 Å². The molecule has 4 heteroatoms. The molecule has 88 valence electrons. The highest BCUT2D eigenvalue weighted by atomic mass is 19.1. The number of nitrogens with one attached hydrogen (secondary N) is 1. The van der Waals surface area contributed by atoms with Gasteiger partial charge in [0.2, 0.25) is 0 Å². The molecule has 1 fully saturated rings. The predicted molar refractivity (Wildman–Crippen MR) is 57.5 cm³/mol. The van der Waals surface area contributed by atoms with Crippen molar-refractivity contribution >= 4 is 0 Å². The maximum absolute atomic E-state index is 13.2. The van der Waals surface area contributed by atoms with Crippen LogP contribution in [0.1, 0.15) is 19.3 Å². The van der Waals surface area contributed by atoms with Gasteiger partial charge in [-0.1, -0.05) is 6.42 Å². The molecule has 1 heterocycles. The van der Waals surface area contributed by atoms with Crippen molar-refractivity contribution in [2.45, 2.75) is 25.3 Å². The Morgan fingerprint density at radius 1 is 1.31 bits per heavy atom. The second-order valence-corrected chi connectivity index (χ2v) is 4.03. The van der Waals surface area contributed by atoms with Crippen LogP contribution in [0.15, 0.2) is 18.2 Å². The van der Waals surface area contributed by atoms with E-state index in [-0.39, 0.29) is 11.8 Å². The van der Waals surface area contributed by atoms with Gasteiger partial charge in [0.05, 0.1) is 0 Å². The van der Waals surface area contributed by atoms with E-state index in [9.17, 15) is 8.78 Å². The number of piperidine rings is 1. The zero-order valence-electron chi connectivity index (χ0n) is 9.01. The number of ether oxygens (including phenoxy) is 1. The average Bonchev–Trinajstić information content (AvgIpc) is 2.32. The third-order valence-corrected chi connectivity index (χ3v) is 2.75.